The van der Waals surface area contributed by atoms with Gasteiger partial charge in [0.05, 0.1) is 6.20 Å². The van der Waals surface area contributed by atoms with Crippen molar-refractivity contribution in [3.8, 4) is 0 Å². The number of halogens is 1. The van der Waals surface area contributed by atoms with E-state index in [1.54, 1.807) is 11.3 Å². The van der Waals surface area contributed by atoms with Crippen LogP contribution in [0.5, 0.6) is 0 Å². The Balaban J connectivity index is 1.47. The molecule has 0 saturated carbocycles. The first-order valence-corrected chi connectivity index (χ1v) is 7.68. The molecular weight excluding hydrogens is 312 g/mol. The lowest BCUT2D eigenvalue weighted by molar-refractivity contribution is 0.392. The van der Waals surface area contributed by atoms with Gasteiger partial charge < -0.3 is 10.6 Å². The minimum absolute atomic E-state index is 0.598. The van der Waals surface area contributed by atoms with E-state index >= 15 is 0 Å². The zero-order valence-corrected chi connectivity index (χ0v) is 12.3. The van der Waals surface area contributed by atoms with Gasteiger partial charge in [-0.1, -0.05) is 0 Å². The second kappa shape index (κ2) is 5.42. The summed E-state index contributed by atoms with van der Waals surface area (Å²) in [5.41, 5.74) is 0. The molecule has 1 aliphatic heterocycles. The van der Waals surface area contributed by atoms with Crippen LogP contribution in [0.1, 0.15) is 4.88 Å². The van der Waals surface area contributed by atoms with Crippen molar-refractivity contribution in [2.45, 2.75) is 13.1 Å². The number of anilines is 1. The van der Waals surface area contributed by atoms with E-state index in [-0.39, 0.29) is 0 Å². The van der Waals surface area contributed by atoms with Crippen molar-refractivity contribution < 1.29 is 0 Å². The first-order valence-electron chi connectivity index (χ1n) is 6.00. The van der Waals surface area contributed by atoms with Crippen LogP contribution in [0.25, 0.3) is 0 Å². The van der Waals surface area contributed by atoms with Crippen LogP contribution in [0.3, 0.4) is 0 Å². The van der Waals surface area contributed by atoms with E-state index in [1.165, 1.54) is 9.35 Å². The number of nitrogens with zero attached hydrogens (tertiary/aromatic N) is 2. The number of thiophene rings is 1. The molecule has 0 radical (unpaired) electrons. The second-order valence-corrected chi connectivity index (χ2v) is 6.42. The zero-order chi connectivity index (χ0) is 12.4. The van der Waals surface area contributed by atoms with Gasteiger partial charge in [-0.25, -0.2) is 4.68 Å². The summed E-state index contributed by atoms with van der Waals surface area (Å²) in [5.74, 6) is 1.73. The smallest absolute Gasteiger partial charge is 0.124 e. The van der Waals surface area contributed by atoms with Crippen LogP contribution < -0.4 is 10.6 Å². The number of hydrogen-bond donors (Lipinski definition) is 2. The van der Waals surface area contributed by atoms with E-state index < -0.39 is 0 Å². The quantitative estimate of drug-likeness (QED) is 0.907. The van der Waals surface area contributed by atoms with E-state index in [1.807, 2.05) is 16.9 Å². The van der Waals surface area contributed by atoms with Gasteiger partial charge in [-0.15, -0.1) is 11.3 Å². The molecule has 1 atom stereocenters. The van der Waals surface area contributed by atoms with Gasteiger partial charge >= 0.3 is 0 Å². The van der Waals surface area contributed by atoms with Crippen LogP contribution in [0, 0.1) is 5.92 Å². The lowest BCUT2D eigenvalue weighted by atomic mass is 10.1. The molecule has 0 bridgehead atoms. The highest BCUT2D eigenvalue weighted by Gasteiger charge is 2.17. The second-order valence-electron chi connectivity index (χ2n) is 4.51. The summed E-state index contributed by atoms with van der Waals surface area (Å²) in [6.45, 7) is 3.98. The molecule has 4 nitrogen and oxygen atoms in total. The number of nitrogens with one attached hydrogen (secondary N) is 2. The molecule has 1 aliphatic rings. The van der Waals surface area contributed by atoms with Gasteiger partial charge in [0.1, 0.15) is 5.82 Å². The predicted molar refractivity (Wildman–Crippen MR) is 77.9 cm³/mol. The summed E-state index contributed by atoms with van der Waals surface area (Å²) in [7, 11) is 0. The number of hydrogen-bond acceptors (Lipinski definition) is 4. The highest BCUT2D eigenvalue weighted by Crippen LogP contribution is 2.20. The average Bonchev–Trinajstić information content (AvgIpc) is 2.97. The van der Waals surface area contributed by atoms with Gasteiger partial charge in [-0.3, -0.25) is 0 Å². The third kappa shape index (κ3) is 2.76. The van der Waals surface area contributed by atoms with E-state index in [0.717, 1.165) is 32.0 Å². The predicted octanol–water partition coefficient (Wildman–Crippen LogP) is 2.54. The molecule has 0 aromatic carbocycles. The van der Waals surface area contributed by atoms with Crippen molar-refractivity contribution in [1.82, 2.24) is 15.1 Å². The van der Waals surface area contributed by atoms with E-state index in [9.17, 15) is 0 Å². The topological polar surface area (TPSA) is 41.9 Å². The Labute approximate surface area is 119 Å². The van der Waals surface area contributed by atoms with Crippen LogP contribution in [0.2, 0.25) is 0 Å². The van der Waals surface area contributed by atoms with Crippen LogP contribution in [-0.2, 0) is 13.1 Å². The molecule has 3 heterocycles. The van der Waals surface area contributed by atoms with E-state index in [0.29, 0.717) is 5.92 Å². The minimum Gasteiger partial charge on any atom is -0.370 e. The lowest BCUT2D eigenvalue weighted by Crippen LogP contribution is -2.35. The fourth-order valence-electron chi connectivity index (χ4n) is 2.17. The van der Waals surface area contributed by atoms with Gasteiger partial charge in [0.15, 0.2) is 0 Å². The first kappa shape index (κ1) is 12.2. The van der Waals surface area contributed by atoms with Crippen molar-refractivity contribution in [1.29, 1.82) is 0 Å². The first-order chi connectivity index (χ1) is 8.81. The Morgan fingerprint density at radius 3 is 3.39 bits per heavy atom. The van der Waals surface area contributed by atoms with Gasteiger partial charge in [0.2, 0.25) is 0 Å². The molecule has 3 rings (SSSR count). The molecule has 6 heteroatoms. The maximum atomic E-state index is 4.30. The van der Waals surface area contributed by atoms with E-state index in [2.05, 4.69) is 43.1 Å². The Morgan fingerprint density at radius 2 is 2.56 bits per heavy atom. The number of aromatic nitrogens is 2. The Morgan fingerprint density at radius 1 is 1.61 bits per heavy atom. The molecule has 0 fully saturated rings. The molecule has 2 aromatic heterocycles. The highest BCUT2D eigenvalue weighted by molar-refractivity contribution is 9.10. The van der Waals surface area contributed by atoms with Crippen molar-refractivity contribution in [3.63, 3.8) is 0 Å². The van der Waals surface area contributed by atoms with Crippen molar-refractivity contribution in [2.24, 2.45) is 5.92 Å². The average molecular weight is 327 g/mol. The van der Waals surface area contributed by atoms with Crippen LogP contribution in [0.4, 0.5) is 5.82 Å². The largest absolute Gasteiger partial charge is 0.370 e. The van der Waals surface area contributed by atoms with Gasteiger partial charge in [0, 0.05) is 52.9 Å². The fourth-order valence-corrected chi connectivity index (χ4v) is 3.59. The summed E-state index contributed by atoms with van der Waals surface area (Å²) in [6.07, 6.45) is 1.85. The van der Waals surface area contributed by atoms with Crippen LogP contribution in [-0.4, -0.2) is 22.9 Å². The Hall–Kier alpha value is -0.850. The van der Waals surface area contributed by atoms with Crippen LogP contribution >= 0.6 is 27.3 Å². The van der Waals surface area contributed by atoms with Crippen LogP contribution in [0.15, 0.2) is 28.2 Å². The molecule has 0 amide bonds. The molecule has 0 saturated heterocycles. The molecule has 2 N–H and O–H groups in total. The molecule has 1 unspecified atom stereocenters. The van der Waals surface area contributed by atoms with E-state index in [4.69, 9.17) is 0 Å². The fraction of sp³-hybridized carbons (Fsp3) is 0.417. The lowest BCUT2D eigenvalue weighted by Gasteiger charge is -2.25. The van der Waals surface area contributed by atoms with Crippen molar-refractivity contribution >= 4 is 33.1 Å². The third-order valence-corrected chi connectivity index (χ3v) is 4.77. The number of fused-ring (bicyclic) bond motifs is 1. The van der Waals surface area contributed by atoms with Crippen molar-refractivity contribution in [2.75, 3.05) is 18.4 Å². The highest BCUT2D eigenvalue weighted by atomic mass is 79.9. The zero-order valence-electron chi connectivity index (χ0n) is 9.90. The molecule has 18 heavy (non-hydrogen) atoms. The Kier molecular flexibility index (Phi) is 3.67. The maximum absolute atomic E-state index is 4.30. The molecule has 96 valence electrons. The number of rotatable bonds is 4. The summed E-state index contributed by atoms with van der Waals surface area (Å²) in [5, 5.41) is 13.3. The summed E-state index contributed by atoms with van der Waals surface area (Å²) in [4.78, 5) is 1.37. The third-order valence-electron chi connectivity index (χ3n) is 3.07. The van der Waals surface area contributed by atoms with Crippen molar-refractivity contribution in [3.05, 3.63) is 33.1 Å². The maximum Gasteiger partial charge on any atom is 0.124 e. The SMILES string of the molecule is Brc1csc(CNCC2CNc3ccnn3C2)c1. The van der Waals surface area contributed by atoms with Gasteiger partial charge in [-0.05, 0) is 22.0 Å². The molecule has 0 aliphatic carbocycles. The minimum atomic E-state index is 0.598. The molecular formula is C12H15BrN4S. The molecule has 0 spiro atoms. The monoisotopic (exact) mass is 326 g/mol. The summed E-state index contributed by atoms with van der Waals surface area (Å²) in [6, 6.07) is 4.19. The Bertz CT molecular complexity index is 522. The summed E-state index contributed by atoms with van der Waals surface area (Å²) >= 11 is 5.26. The normalized spacial score (nSPS) is 18.4. The standard InChI is InChI=1S/C12H15BrN4S/c13-10-3-11(18-8-10)6-14-4-9-5-15-12-1-2-16-17(12)7-9/h1-3,8-9,14-15H,4-7H2. The van der Waals surface area contributed by atoms with Gasteiger partial charge in [-0.2, -0.15) is 5.10 Å². The molecule has 2 aromatic rings. The summed E-state index contributed by atoms with van der Waals surface area (Å²) < 4.78 is 3.21. The van der Waals surface area contributed by atoms with Gasteiger partial charge in [0.25, 0.3) is 0 Å².